The fourth-order valence-electron chi connectivity index (χ4n) is 2.92. The van der Waals surface area contributed by atoms with Gasteiger partial charge in [-0.3, -0.25) is 0 Å². The molecule has 0 fully saturated rings. The predicted molar refractivity (Wildman–Crippen MR) is 106 cm³/mol. The number of pyridine rings is 1. The molecule has 0 spiro atoms. The van der Waals surface area contributed by atoms with Gasteiger partial charge in [0.15, 0.2) is 0 Å². The van der Waals surface area contributed by atoms with Crippen LogP contribution >= 0.6 is 23.2 Å². The highest BCUT2D eigenvalue weighted by molar-refractivity contribution is 6.43. The summed E-state index contributed by atoms with van der Waals surface area (Å²) in [5.41, 5.74) is 9.89. The number of rotatable bonds is 3. The van der Waals surface area contributed by atoms with Crippen LogP contribution in [0.2, 0.25) is 10.0 Å². The minimum absolute atomic E-state index is 0.160. The lowest BCUT2D eigenvalue weighted by Crippen LogP contribution is -2.03. The van der Waals surface area contributed by atoms with E-state index in [4.69, 9.17) is 33.7 Å². The second kappa shape index (κ2) is 7.25. The first-order chi connectivity index (χ1) is 12.5. The molecule has 1 heterocycles. The fraction of sp³-hybridized carbons (Fsp3) is 0.100. The van der Waals surface area contributed by atoms with Gasteiger partial charge < -0.3 is 10.5 Å². The van der Waals surface area contributed by atoms with Crippen LogP contribution in [0.3, 0.4) is 0 Å². The molecule has 0 aliphatic carbocycles. The summed E-state index contributed by atoms with van der Waals surface area (Å²) in [6.45, 7) is 1.85. The van der Waals surface area contributed by atoms with E-state index in [9.17, 15) is 5.26 Å². The summed E-state index contributed by atoms with van der Waals surface area (Å²) in [4.78, 5) is 4.35. The molecule has 3 aromatic rings. The first-order valence-corrected chi connectivity index (χ1v) is 8.52. The monoisotopic (exact) mass is 383 g/mol. The van der Waals surface area contributed by atoms with Gasteiger partial charge in [-0.25, -0.2) is 4.98 Å². The molecule has 0 radical (unpaired) electrons. The first kappa shape index (κ1) is 18.1. The standard InChI is InChI=1S/C20H15Cl2N3O/c1-11-17(12-6-8-13(26-2)9-7-12)18(15(10-23)20(24)25-11)14-4-3-5-16(21)19(14)22/h3-9H,1-2H3,(H2,24,25). The topological polar surface area (TPSA) is 71.9 Å². The van der Waals surface area contributed by atoms with Gasteiger partial charge in [-0.15, -0.1) is 0 Å². The number of hydrogen-bond donors (Lipinski definition) is 1. The third-order valence-corrected chi connectivity index (χ3v) is 4.94. The van der Waals surface area contributed by atoms with E-state index in [0.717, 1.165) is 16.9 Å². The molecule has 0 saturated carbocycles. The normalized spacial score (nSPS) is 10.4. The Morgan fingerprint density at radius 3 is 2.38 bits per heavy atom. The van der Waals surface area contributed by atoms with E-state index in [-0.39, 0.29) is 11.4 Å². The molecule has 6 heteroatoms. The van der Waals surface area contributed by atoms with Gasteiger partial charge in [0, 0.05) is 22.4 Å². The van der Waals surface area contributed by atoms with Crippen molar-refractivity contribution in [2.24, 2.45) is 0 Å². The molecule has 0 aliphatic heterocycles. The molecule has 0 aliphatic rings. The summed E-state index contributed by atoms with van der Waals surface area (Å²) in [5.74, 6) is 0.894. The van der Waals surface area contributed by atoms with Crippen molar-refractivity contribution in [1.29, 1.82) is 5.26 Å². The van der Waals surface area contributed by atoms with Crippen molar-refractivity contribution in [2.45, 2.75) is 6.92 Å². The molecule has 26 heavy (non-hydrogen) atoms. The van der Waals surface area contributed by atoms with Crippen LogP contribution in [0.4, 0.5) is 5.82 Å². The predicted octanol–water partition coefficient (Wildman–Crippen LogP) is 5.49. The van der Waals surface area contributed by atoms with Gasteiger partial charge in [0.05, 0.1) is 17.2 Å². The third kappa shape index (κ3) is 3.08. The number of hydrogen-bond acceptors (Lipinski definition) is 4. The Morgan fingerprint density at radius 2 is 1.77 bits per heavy atom. The van der Waals surface area contributed by atoms with Gasteiger partial charge in [0.25, 0.3) is 0 Å². The number of anilines is 1. The van der Waals surface area contributed by atoms with Gasteiger partial charge >= 0.3 is 0 Å². The molecule has 4 nitrogen and oxygen atoms in total. The molecule has 0 saturated heterocycles. The number of halogens is 2. The van der Waals surface area contributed by atoms with Gasteiger partial charge in [-0.1, -0.05) is 47.5 Å². The zero-order valence-corrected chi connectivity index (χ0v) is 15.7. The number of ether oxygens (including phenoxy) is 1. The molecule has 0 amide bonds. The SMILES string of the molecule is COc1ccc(-c2c(C)nc(N)c(C#N)c2-c2cccc(Cl)c2Cl)cc1. The number of aromatic nitrogens is 1. The molecular formula is C20H15Cl2N3O. The molecule has 0 bridgehead atoms. The van der Waals surface area contributed by atoms with Crippen LogP contribution < -0.4 is 10.5 Å². The van der Waals surface area contributed by atoms with Gasteiger partial charge in [0.1, 0.15) is 23.2 Å². The summed E-state index contributed by atoms with van der Waals surface area (Å²) >= 11 is 12.6. The second-order valence-electron chi connectivity index (χ2n) is 5.65. The van der Waals surface area contributed by atoms with Crippen LogP contribution in [0.25, 0.3) is 22.3 Å². The highest BCUT2D eigenvalue weighted by Crippen LogP contribution is 2.43. The number of nitriles is 1. The fourth-order valence-corrected chi connectivity index (χ4v) is 3.31. The van der Waals surface area contributed by atoms with Crippen LogP contribution in [-0.4, -0.2) is 12.1 Å². The van der Waals surface area contributed by atoms with E-state index >= 15 is 0 Å². The number of methoxy groups -OCH3 is 1. The number of nitrogen functional groups attached to an aromatic ring is 1. The Bertz CT molecular complexity index is 1020. The molecule has 1 aromatic heterocycles. The van der Waals surface area contributed by atoms with Gasteiger partial charge in [-0.2, -0.15) is 5.26 Å². The maximum Gasteiger partial charge on any atom is 0.142 e. The van der Waals surface area contributed by atoms with Crippen LogP contribution in [0.5, 0.6) is 5.75 Å². The van der Waals surface area contributed by atoms with Crippen LogP contribution in [-0.2, 0) is 0 Å². The Morgan fingerprint density at radius 1 is 1.08 bits per heavy atom. The lowest BCUT2D eigenvalue weighted by atomic mass is 9.90. The van der Waals surface area contributed by atoms with E-state index in [2.05, 4.69) is 11.1 Å². The summed E-state index contributed by atoms with van der Waals surface area (Å²) < 4.78 is 5.22. The van der Waals surface area contributed by atoms with Crippen molar-refractivity contribution in [3.05, 3.63) is 63.8 Å². The molecule has 0 atom stereocenters. The van der Waals surface area contributed by atoms with Crippen molar-refractivity contribution in [3.8, 4) is 34.1 Å². The van der Waals surface area contributed by atoms with Crippen LogP contribution in [0.15, 0.2) is 42.5 Å². The van der Waals surface area contributed by atoms with E-state index < -0.39 is 0 Å². The Hall–Kier alpha value is -2.74. The minimum atomic E-state index is 0.160. The van der Waals surface area contributed by atoms with Gasteiger partial charge in [-0.05, 0) is 30.7 Å². The average molecular weight is 384 g/mol. The van der Waals surface area contributed by atoms with Crippen molar-refractivity contribution in [2.75, 3.05) is 12.8 Å². The molecule has 2 aromatic carbocycles. The van der Waals surface area contributed by atoms with Crippen molar-refractivity contribution < 1.29 is 4.74 Å². The van der Waals surface area contributed by atoms with Crippen molar-refractivity contribution >= 4 is 29.0 Å². The Balaban J connectivity index is 2.41. The summed E-state index contributed by atoms with van der Waals surface area (Å²) in [5, 5.41) is 10.5. The zero-order valence-electron chi connectivity index (χ0n) is 14.2. The molecule has 130 valence electrons. The Kier molecular flexibility index (Phi) is 5.03. The quantitative estimate of drug-likeness (QED) is 0.648. The average Bonchev–Trinajstić information content (AvgIpc) is 2.64. The minimum Gasteiger partial charge on any atom is -0.497 e. The molecule has 2 N–H and O–H groups in total. The van der Waals surface area contributed by atoms with E-state index in [1.807, 2.05) is 37.3 Å². The van der Waals surface area contributed by atoms with E-state index in [1.165, 1.54) is 0 Å². The van der Waals surface area contributed by atoms with Crippen molar-refractivity contribution in [3.63, 3.8) is 0 Å². The maximum atomic E-state index is 9.70. The summed E-state index contributed by atoms with van der Waals surface area (Å²) in [7, 11) is 1.61. The lowest BCUT2D eigenvalue weighted by molar-refractivity contribution is 0.415. The second-order valence-corrected chi connectivity index (χ2v) is 6.43. The largest absolute Gasteiger partial charge is 0.497 e. The first-order valence-electron chi connectivity index (χ1n) is 7.77. The molecular weight excluding hydrogens is 369 g/mol. The number of benzene rings is 2. The Labute approximate surface area is 161 Å². The smallest absolute Gasteiger partial charge is 0.142 e. The van der Waals surface area contributed by atoms with Crippen LogP contribution in [0, 0.1) is 18.3 Å². The summed E-state index contributed by atoms with van der Waals surface area (Å²) in [6, 6.07) is 15.0. The lowest BCUT2D eigenvalue weighted by Gasteiger charge is -2.17. The highest BCUT2D eigenvalue weighted by atomic mass is 35.5. The maximum absolute atomic E-state index is 9.70. The van der Waals surface area contributed by atoms with E-state index in [0.29, 0.717) is 26.9 Å². The zero-order chi connectivity index (χ0) is 18.8. The number of aryl methyl sites for hydroxylation is 1. The third-order valence-electron chi connectivity index (χ3n) is 4.12. The van der Waals surface area contributed by atoms with Gasteiger partial charge in [0.2, 0.25) is 0 Å². The summed E-state index contributed by atoms with van der Waals surface area (Å²) in [6.07, 6.45) is 0. The van der Waals surface area contributed by atoms with E-state index in [1.54, 1.807) is 19.2 Å². The highest BCUT2D eigenvalue weighted by Gasteiger charge is 2.22. The number of nitrogens with zero attached hydrogens (tertiary/aromatic N) is 2. The van der Waals surface area contributed by atoms with Crippen LogP contribution in [0.1, 0.15) is 11.3 Å². The van der Waals surface area contributed by atoms with Crippen molar-refractivity contribution in [1.82, 2.24) is 4.98 Å². The molecule has 0 unspecified atom stereocenters. The molecule has 3 rings (SSSR count). The number of nitrogens with two attached hydrogens (primary N) is 1.